The first kappa shape index (κ1) is 15.6. The number of hydrogen-bond donors (Lipinski definition) is 1. The Hall–Kier alpha value is -1.76. The molecule has 0 aliphatic heterocycles. The number of ether oxygens (including phenoxy) is 1. The highest BCUT2D eigenvalue weighted by atomic mass is 79.9. The van der Waals surface area contributed by atoms with Gasteiger partial charge in [0.05, 0.1) is 0 Å². The summed E-state index contributed by atoms with van der Waals surface area (Å²) in [5.41, 5.74) is 6.77. The van der Waals surface area contributed by atoms with Gasteiger partial charge in [-0.2, -0.15) is 13.2 Å². The van der Waals surface area contributed by atoms with E-state index in [1.807, 2.05) is 6.92 Å². The summed E-state index contributed by atoms with van der Waals surface area (Å²) in [6.45, 7) is 3.54. The van der Waals surface area contributed by atoms with Gasteiger partial charge in [-0.25, -0.2) is 4.98 Å². The molecule has 0 spiro atoms. The average molecular weight is 361 g/mol. The van der Waals surface area contributed by atoms with Crippen LogP contribution in [0, 0.1) is 13.8 Å². The maximum atomic E-state index is 13.0. The standard InChI is InChI=1S/C14H12BrF3N2O/c1-7-3-8(2)12(5-11(7)19)21-13-10(14(16,17)18)4-9(15)6-20-13/h3-6H,19H2,1-2H3. The molecule has 2 aromatic rings. The van der Waals surface area contributed by atoms with E-state index in [1.54, 1.807) is 13.0 Å². The second-order valence-corrected chi connectivity index (χ2v) is 5.50. The van der Waals surface area contributed by atoms with Gasteiger partial charge in [-0.1, -0.05) is 6.07 Å². The summed E-state index contributed by atoms with van der Waals surface area (Å²) in [5, 5.41) is 0. The predicted octanol–water partition coefficient (Wildman–Crippen LogP) is 4.85. The third-order valence-electron chi connectivity index (χ3n) is 2.89. The summed E-state index contributed by atoms with van der Waals surface area (Å²) >= 11 is 2.97. The van der Waals surface area contributed by atoms with Crippen molar-refractivity contribution < 1.29 is 17.9 Å². The minimum Gasteiger partial charge on any atom is -0.438 e. The summed E-state index contributed by atoms with van der Waals surface area (Å²) in [6, 6.07) is 4.17. The molecule has 1 aromatic carbocycles. The van der Waals surface area contributed by atoms with E-state index >= 15 is 0 Å². The first-order valence-electron chi connectivity index (χ1n) is 5.96. The Labute approximate surface area is 128 Å². The van der Waals surface area contributed by atoms with Crippen LogP contribution in [0.5, 0.6) is 11.6 Å². The predicted molar refractivity (Wildman–Crippen MR) is 77.3 cm³/mol. The SMILES string of the molecule is Cc1cc(C)c(Oc2ncc(Br)cc2C(F)(F)F)cc1N. The van der Waals surface area contributed by atoms with Crippen molar-refractivity contribution in [2.45, 2.75) is 20.0 Å². The number of anilines is 1. The van der Waals surface area contributed by atoms with E-state index in [-0.39, 0.29) is 10.2 Å². The number of hydrogen-bond acceptors (Lipinski definition) is 3. The highest BCUT2D eigenvalue weighted by Gasteiger charge is 2.36. The number of aryl methyl sites for hydroxylation is 2. The van der Waals surface area contributed by atoms with Gasteiger partial charge in [0.2, 0.25) is 5.88 Å². The third-order valence-corrected chi connectivity index (χ3v) is 3.33. The maximum Gasteiger partial charge on any atom is 0.421 e. The highest BCUT2D eigenvalue weighted by molar-refractivity contribution is 9.10. The van der Waals surface area contributed by atoms with Gasteiger partial charge in [0, 0.05) is 22.4 Å². The molecule has 7 heteroatoms. The molecule has 0 bridgehead atoms. The number of aromatic nitrogens is 1. The van der Waals surface area contributed by atoms with Crippen molar-refractivity contribution in [3.8, 4) is 11.6 Å². The van der Waals surface area contributed by atoms with Crippen LogP contribution in [0.2, 0.25) is 0 Å². The summed E-state index contributed by atoms with van der Waals surface area (Å²) in [4.78, 5) is 3.70. The van der Waals surface area contributed by atoms with Crippen molar-refractivity contribution in [1.29, 1.82) is 0 Å². The lowest BCUT2D eigenvalue weighted by molar-refractivity contribution is -0.138. The molecule has 2 rings (SSSR count). The van der Waals surface area contributed by atoms with Crippen molar-refractivity contribution in [1.82, 2.24) is 4.98 Å². The molecule has 0 fully saturated rings. The number of nitrogen functional groups attached to an aromatic ring is 1. The van der Waals surface area contributed by atoms with E-state index < -0.39 is 17.6 Å². The van der Waals surface area contributed by atoms with Gasteiger partial charge in [-0.15, -0.1) is 0 Å². The smallest absolute Gasteiger partial charge is 0.421 e. The number of rotatable bonds is 2. The molecule has 1 heterocycles. The van der Waals surface area contributed by atoms with E-state index in [1.165, 1.54) is 12.3 Å². The Morgan fingerprint density at radius 1 is 1.14 bits per heavy atom. The largest absolute Gasteiger partial charge is 0.438 e. The van der Waals surface area contributed by atoms with Gasteiger partial charge in [-0.05, 0) is 47.0 Å². The number of alkyl halides is 3. The van der Waals surface area contributed by atoms with E-state index in [0.717, 1.165) is 11.6 Å². The Balaban J connectivity index is 2.47. The Bertz CT molecular complexity index is 687. The van der Waals surface area contributed by atoms with Gasteiger partial charge in [0.15, 0.2) is 0 Å². The molecule has 0 saturated heterocycles. The molecule has 0 amide bonds. The zero-order valence-electron chi connectivity index (χ0n) is 11.3. The lowest BCUT2D eigenvalue weighted by atomic mass is 10.1. The fraction of sp³-hybridized carbons (Fsp3) is 0.214. The summed E-state index contributed by atoms with van der Waals surface area (Å²) in [5.74, 6) is -0.254. The maximum absolute atomic E-state index is 13.0. The molecule has 0 aliphatic carbocycles. The van der Waals surface area contributed by atoms with Gasteiger partial charge in [0.25, 0.3) is 0 Å². The summed E-state index contributed by atoms with van der Waals surface area (Å²) in [7, 11) is 0. The fourth-order valence-corrected chi connectivity index (χ4v) is 2.10. The van der Waals surface area contributed by atoms with Gasteiger partial charge in [0.1, 0.15) is 11.3 Å². The van der Waals surface area contributed by atoms with Crippen LogP contribution < -0.4 is 10.5 Å². The van der Waals surface area contributed by atoms with Crippen LogP contribution in [-0.2, 0) is 6.18 Å². The van der Waals surface area contributed by atoms with Crippen LogP contribution >= 0.6 is 15.9 Å². The molecule has 0 saturated carbocycles. The summed E-state index contributed by atoms with van der Waals surface area (Å²) < 4.78 is 44.6. The Morgan fingerprint density at radius 2 is 1.81 bits per heavy atom. The van der Waals surface area contributed by atoms with E-state index in [4.69, 9.17) is 10.5 Å². The minimum atomic E-state index is -4.56. The van der Waals surface area contributed by atoms with Gasteiger partial charge < -0.3 is 10.5 Å². The summed E-state index contributed by atoms with van der Waals surface area (Å²) in [6.07, 6.45) is -3.31. The number of pyridine rings is 1. The van der Waals surface area contributed by atoms with Crippen LogP contribution in [0.1, 0.15) is 16.7 Å². The number of halogens is 4. The normalized spacial score (nSPS) is 11.5. The van der Waals surface area contributed by atoms with E-state index in [2.05, 4.69) is 20.9 Å². The lowest BCUT2D eigenvalue weighted by Crippen LogP contribution is -2.09. The Kier molecular flexibility index (Phi) is 4.13. The molecule has 0 atom stereocenters. The van der Waals surface area contributed by atoms with Crippen LogP contribution in [-0.4, -0.2) is 4.98 Å². The molecule has 2 N–H and O–H groups in total. The lowest BCUT2D eigenvalue weighted by Gasteiger charge is -2.15. The molecule has 3 nitrogen and oxygen atoms in total. The van der Waals surface area contributed by atoms with E-state index in [9.17, 15) is 13.2 Å². The van der Waals surface area contributed by atoms with Crippen molar-refractivity contribution in [3.05, 3.63) is 45.6 Å². The topological polar surface area (TPSA) is 48.1 Å². The van der Waals surface area contributed by atoms with Crippen molar-refractivity contribution in [3.63, 3.8) is 0 Å². The van der Waals surface area contributed by atoms with Crippen molar-refractivity contribution in [2.75, 3.05) is 5.73 Å². The second kappa shape index (κ2) is 5.55. The highest BCUT2D eigenvalue weighted by Crippen LogP contribution is 2.39. The monoisotopic (exact) mass is 360 g/mol. The fourth-order valence-electron chi connectivity index (χ4n) is 1.77. The molecular weight excluding hydrogens is 349 g/mol. The molecule has 0 radical (unpaired) electrons. The van der Waals surface area contributed by atoms with Gasteiger partial charge in [-0.3, -0.25) is 0 Å². The molecule has 112 valence electrons. The number of nitrogens with zero attached hydrogens (tertiary/aromatic N) is 1. The van der Waals surface area contributed by atoms with Crippen LogP contribution in [0.4, 0.5) is 18.9 Å². The zero-order valence-corrected chi connectivity index (χ0v) is 12.8. The second-order valence-electron chi connectivity index (χ2n) is 4.58. The molecule has 21 heavy (non-hydrogen) atoms. The molecule has 1 aromatic heterocycles. The molecular formula is C14H12BrF3N2O. The number of benzene rings is 1. The van der Waals surface area contributed by atoms with Crippen molar-refractivity contribution >= 4 is 21.6 Å². The van der Waals surface area contributed by atoms with E-state index in [0.29, 0.717) is 11.3 Å². The molecule has 0 aliphatic rings. The average Bonchev–Trinajstić information content (AvgIpc) is 2.36. The van der Waals surface area contributed by atoms with Crippen LogP contribution in [0.25, 0.3) is 0 Å². The van der Waals surface area contributed by atoms with Crippen molar-refractivity contribution in [2.24, 2.45) is 0 Å². The van der Waals surface area contributed by atoms with Crippen LogP contribution in [0.3, 0.4) is 0 Å². The number of nitrogens with two attached hydrogens (primary N) is 1. The minimum absolute atomic E-state index is 0.224. The molecule has 0 unspecified atom stereocenters. The van der Waals surface area contributed by atoms with Crippen LogP contribution in [0.15, 0.2) is 28.9 Å². The third kappa shape index (κ3) is 3.47. The zero-order chi connectivity index (χ0) is 15.8. The van der Waals surface area contributed by atoms with Gasteiger partial charge >= 0.3 is 6.18 Å². The Morgan fingerprint density at radius 3 is 2.43 bits per heavy atom. The quantitative estimate of drug-likeness (QED) is 0.778. The first-order valence-corrected chi connectivity index (χ1v) is 6.75. The first-order chi connectivity index (χ1) is 9.68.